The van der Waals surface area contributed by atoms with Crippen molar-refractivity contribution in [1.29, 1.82) is 0 Å². The summed E-state index contributed by atoms with van der Waals surface area (Å²) in [5.41, 5.74) is 4.65. The van der Waals surface area contributed by atoms with Gasteiger partial charge in [-0.05, 0) is 55.0 Å². The number of rotatable bonds is 4. The van der Waals surface area contributed by atoms with Gasteiger partial charge in [0.25, 0.3) is 5.91 Å². The van der Waals surface area contributed by atoms with Crippen molar-refractivity contribution in [2.75, 3.05) is 7.05 Å². The molecular formula is C16H17N3O. The molecule has 0 saturated heterocycles. The summed E-state index contributed by atoms with van der Waals surface area (Å²) >= 11 is 0. The van der Waals surface area contributed by atoms with E-state index in [0.29, 0.717) is 5.69 Å². The van der Waals surface area contributed by atoms with Gasteiger partial charge in [0, 0.05) is 13.2 Å². The van der Waals surface area contributed by atoms with Crippen LogP contribution in [0.3, 0.4) is 0 Å². The average molecular weight is 267 g/mol. The largest absolute Gasteiger partial charge is 0.354 e. The molecule has 1 amide bonds. The second-order valence-corrected chi connectivity index (χ2v) is 4.58. The Hall–Kier alpha value is -2.49. The molecule has 0 saturated carbocycles. The van der Waals surface area contributed by atoms with Gasteiger partial charge < -0.3 is 5.32 Å². The number of nitrogens with one attached hydrogen (secondary N) is 1. The van der Waals surface area contributed by atoms with Crippen LogP contribution in [0.4, 0.5) is 5.69 Å². The van der Waals surface area contributed by atoms with E-state index in [1.54, 1.807) is 13.2 Å². The van der Waals surface area contributed by atoms with Crippen molar-refractivity contribution in [3.05, 3.63) is 58.9 Å². The normalized spacial score (nSPS) is 10.1. The summed E-state index contributed by atoms with van der Waals surface area (Å²) < 4.78 is 0. The predicted molar refractivity (Wildman–Crippen MR) is 80.8 cm³/mol. The summed E-state index contributed by atoms with van der Waals surface area (Å²) in [5.74, 6) is -0.172. The molecule has 2 rings (SSSR count). The van der Waals surface area contributed by atoms with E-state index in [-0.39, 0.29) is 5.91 Å². The standard InChI is InChI=1S/C16H17N3O/c1-11-8-12(4-5-14(11)17-2)9-13-6-7-19-15(10-13)16(20)18-3/h4-8,10H,2,9H2,1,3H3,(H,18,20). The minimum absolute atomic E-state index is 0.172. The highest BCUT2D eigenvalue weighted by Crippen LogP contribution is 2.20. The van der Waals surface area contributed by atoms with E-state index in [0.717, 1.165) is 23.2 Å². The van der Waals surface area contributed by atoms with Crippen LogP contribution < -0.4 is 5.32 Å². The van der Waals surface area contributed by atoms with Crippen molar-refractivity contribution < 1.29 is 4.79 Å². The highest BCUT2D eigenvalue weighted by molar-refractivity contribution is 5.92. The smallest absolute Gasteiger partial charge is 0.269 e. The van der Waals surface area contributed by atoms with Crippen LogP contribution in [0.15, 0.2) is 41.5 Å². The van der Waals surface area contributed by atoms with Crippen LogP contribution in [0.25, 0.3) is 0 Å². The molecule has 1 N–H and O–H groups in total. The number of pyridine rings is 1. The zero-order chi connectivity index (χ0) is 14.5. The molecule has 0 aliphatic rings. The molecule has 4 nitrogen and oxygen atoms in total. The van der Waals surface area contributed by atoms with Crippen LogP contribution in [-0.2, 0) is 6.42 Å². The Labute approximate surface area is 118 Å². The Bertz CT molecular complexity index is 650. The monoisotopic (exact) mass is 267 g/mol. The van der Waals surface area contributed by atoms with E-state index < -0.39 is 0 Å². The molecule has 102 valence electrons. The molecule has 0 radical (unpaired) electrons. The van der Waals surface area contributed by atoms with Crippen LogP contribution in [0.5, 0.6) is 0 Å². The molecule has 2 aromatic rings. The van der Waals surface area contributed by atoms with Crippen molar-refractivity contribution in [2.45, 2.75) is 13.3 Å². The Morgan fingerprint density at radius 3 is 2.70 bits per heavy atom. The Morgan fingerprint density at radius 2 is 2.05 bits per heavy atom. The van der Waals surface area contributed by atoms with Gasteiger partial charge in [0.05, 0.1) is 5.69 Å². The van der Waals surface area contributed by atoms with Gasteiger partial charge in [-0.1, -0.05) is 12.1 Å². The minimum atomic E-state index is -0.172. The molecule has 0 aliphatic carbocycles. The van der Waals surface area contributed by atoms with Crippen LogP contribution in [0.1, 0.15) is 27.2 Å². The van der Waals surface area contributed by atoms with E-state index in [1.807, 2.05) is 31.2 Å². The topological polar surface area (TPSA) is 54.4 Å². The SMILES string of the molecule is C=Nc1ccc(Cc2ccnc(C(=O)NC)c2)cc1C. The van der Waals surface area contributed by atoms with Crippen LogP contribution in [0, 0.1) is 6.92 Å². The van der Waals surface area contributed by atoms with E-state index in [2.05, 4.69) is 28.1 Å². The van der Waals surface area contributed by atoms with Crippen molar-refractivity contribution in [3.8, 4) is 0 Å². The van der Waals surface area contributed by atoms with Gasteiger partial charge in [-0.2, -0.15) is 0 Å². The molecule has 0 fully saturated rings. The Balaban J connectivity index is 2.23. The fourth-order valence-electron chi connectivity index (χ4n) is 2.08. The third-order valence-corrected chi connectivity index (χ3v) is 3.12. The fraction of sp³-hybridized carbons (Fsp3) is 0.188. The molecule has 20 heavy (non-hydrogen) atoms. The van der Waals surface area contributed by atoms with Crippen molar-refractivity contribution in [3.63, 3.8) is 0 Å². The molecule has 1 aromatic heterocycles. The Kier molecular flexibility index (Phi) is 4.25. The van der Waals surface area contributed by atoms with Gasteiger partial charge in [0.15, 0.2) is 0 Å². The van der Waals surface area contributed by atoms with Gasteiger partial charge in [-0.3, -0.25) is 14.8 Å². The fourth-order valence-corrected chi connectivity index (χ4v) is 2.08. The summed E-state index contributed by atoms with van der Waals surface area (Å²) in [7, 11) is 1.60. The minimum Gasteiger partial charge on any atom is -0.354 e. The summed E-state index contributed by atoms with van der Waals surface area (Å²) in [5, 5.41) is 2.58. The first-order chi connectivity index (χ1) is 9.63. The quantitative estimate of drug-likeness (QED) is 0.866. The lowest BCUT2D eigenvalue weighted by atomic mass is 10.0. The molecule has 1 heterocycles. The van der Waals surface area contributed by atoms with Gasteiger partial charge >= 0.3 is 0 Å². The number of nitrogens with zero attached hydrogens (tertiary/aromatic N) is 2. The first-order valence-electron chi connectivity index (χ1n) is 6.37. The van der Waals surface area contributed by atoms with Gasteiger partial charge in [-0.25, -0.2) is 0 Å². The first-order valence-corrected chi connectivity index (χ1v) is 6.37. The van der Waals surface area contributed by atoms with Crippen LogP contribution in [0.2, 0.25) is 0 Å². The molecule has 0 aliphatic heterocycles. The lowest BCUT2D eigenvalue weighted by Gasteiger charge is -2.06. The van der Waals surface area contributed by atoms with E-state index in [9.17, 15) is 4.79 Å². The van der Waals surface area contributed by atoms with E-state index >= 15 is 0 Å². The highest BCUT2D eigenvalue weighted by Gasteiger charge is 2.06. The lowest BCUT2D eigenvalue weighted by Crippen LogP contribution is -2.19. The first kappa shape index (κ1) is 13.9. The third kappa shape index (κ3) is 3.09. The number of aliphatic imine (C=N–C) groups is 1. The van der Waals surface area contributed by atoms with Crippen LogP contribution >= 0.6 is 0 Å². The maximum atomic E-state index is 11.6. The number of hydrogen-bond donors (Lipinski definition) is 1. The molecule has 4 heteroatoms. The average Bonchev–Trinajstić information content (AvgIpc) is 2.47. The molecular weight excluding hydrogens is 250 g/mol. The maximum Gasteiger partial charge on any atom is 0.269 e. The zero-order valence-corrected chi connectivity index (χ0v) is 11.7. The number of carbonyl (C=O) groups excluding carboxylic acids is 1. The number of hydrogen-bond acceptors (Lipinski definition) is 3. The van der Waals surface area contributed by atoms with Crippen LogP contribution in [-0.4, -0.2) is 24.7 Å². The van der Waals surface area contributed by atoms with Gasteiger partial charge in [-0.15, -0.1) is 0 Å². The van der Waals surface area contributed by atoms with Crippen molar-refractivity contribution in [1.82, 2.24) is 10.3 Å². The summed E-state index contributed by atoms with van der Waals surface area (Å²) in [6.07, 6.45) is 2.41. The molecule has 0 unspecified atom stereocenters. The maximum absolute atomic E-state index is 11.6. The summed E-state index contributed by atoms with van der Waals surface area (Å²) in [6, 6.07) is 9.80. The van der Waals surface area contributed by atoms with Crippen molar-refractivity contribution >= 4 is 18.3 Å². The number of aryl methyl sites for hydroxylation is 1. The predicted octanol–water partition coefficient (Wildman–Crippen LogP) is 2.67. The number of carbonyl (C=O) groups is 1. The third-order valence-electron chi connectivity index (χ3n) is 3.12. The van der Waals surface area contributed by atoms with E-state index in [1.165, 1.54) is 5.56 Å². The second kappa shape index (κ2) is 6.10. The van der Waals surface area contributed by atoms with Crippen molar-refractivity contribution in [2.24, 2.45) is 4.99 Å². The zero-order valence-electron chi connectivity index (χ0n) is 11.7. The van der Waals surface area contributed by atoms with E-state index in [4.69, 9.17) is 0 Å². The Morgan fingerprint density at radius 1 is 1.30 bits per heavy atom. The molecule has 0 atom stereocenters. The summed E-state index contributed by atoms with van der Waals surface area (Å²) in [4.78, 5) is 19.6. The van der Waals surface area contributed by atoms with Gasteiger partial charge in [0.1, 0.15) is 5.69 Å². The molecule has 0 bridgehead atoms. The number of aromatic nitrogens is 1. The second-order valence-electron chi connectivity index (χ2n) is 4.58. The number of benzene rings is 1. The molecule has 1 aromatic carbocycles. The highest BCUT2D eigenvalue weighted by atomic mass is 16.1. The number of amides is 1. The molecule has 0 spiro atoms. The van der Waals surface area contributed by atoms with Gasteiger partial charge in [0.2, 0.25) is 0 Å². The summed E-state index contributed by atoms with van der Waals surface area (Å²) in [6.45, 7) is 5.55. The lowest BCUT2D eigenvalue weighted by molar-refractivity contribution is 0.0958.